The van der Waals surface area contributed by atoms with Crippen LogP contribution < -0.4 is 11.3 Å². The Hall–Kier alpha value is -0.0400. The monoisotopic (exact) mass is 426 g/mol. The lowest BCUT2D eigenvalue weighted by atomic mass is 9.99. The Labute approximate surface area is 140 Å². The molecule has 2 nitrogen and oxygen atoms in total. The third-order valence-corrected chi connectivity index (χ3v) is 5.03. The molecule has 0 aliphatic rings. The van der Waals surface area contributed by atoms with Crippen molar-refractivity contribution < 1.29 is 0 Å². The smallest absolute Gasteiger partial charge is 0.0711 e. The standard InChI is InChI=1S/C13H10Cl3IN2/c14-9-3-1-7(5-10(9)15)13(19-18)8-2-4-12(17)11(16)6-8/h1-6,13,19H,18H2. The van der Waals surface area contributed by atoms with Gasteiger partial charge in [0.25, 0.3) is 0 Å². The maximum absolute atomic E-state index is 6.14. The summed E-state index contributed by atoms with van der Waals surface area (Å²) in [5.41, 5.74) is 4.65. The van der Waals surface area contributed by atoms with E-state index >= 15 is 0 Å². The van der Waals surface area contributed by atoms with Crippen LogP contribution in [0, 0.1) is 3.57 Å². The summed E-state index contributed by atoms with van der Waals surface area (Å²) in [6.45, 7) is 0. The first-order valence-electron chi connectivity index (χ1n) is 5.39. The minimum Gasteiger partial charge on any atom is -0.271 e. The molecule has 0 amide bonds. The molecule has 0 heterocycles. The van der Waals surface area contributed by atoms with Gasteiger partial charge in [0.05, 0.1) is 21.1 Å². The first-order valence-corrected chi connectivity index (χ1v) is 7.60. The molecule has 0 spiro atoms. The molecule has 0 aliphatic heterocycles. The van der Waals surface area contributed by atoms with Gasteiger partial charge in [-0.3, -0.25) is 5.84 Å². The van der Waals surface area contributed by atoms with Gasteiger partial charge < -0.3 is 0 Å². The maximum Gasteiger partial charge on any atom is 0.0711 e. The van der Waals surface area contributed by atoms with Gasteiger partial charge in [-0.05, 0) is 58.0 Å². The Morgan fingerprint density at radius 1 is 0.895 bits per heavy atom. The molecule has 0 aliphatic carbocycles. The normalized spacial score (nSPS) is 12.5. The van der Waals surface area contributed by atoms with Crippen molar-refractivity contribution in [2.45, 2.75) is 6.04 Å². The average molecular weight is 428 g/mol. The minimum atomic E-state index is -0.190. The van der Waals surface area contributed by atoms with E-state index in [-0.39, 0.29) is 6.04 Å². The number of hydrazine groups is 1. The van der Waals surface area contributed by atoms with Gasteiger partial charge in [-0.15, -0.1) is 0 Å². The van der Waals surface area contributed by atoms with E-state index in [9.17, 15) is 0 Å². The lowest BCUT2D eigenvalue weighted by molar-refractivity contribution is 0.637. The number of hydrogen-bond acceptors (Lipinski definition) is 2. The van der Waals surface area contributed by atoms with Crippen molar-refractivity contribution in [2.24, 2.45) is 5.84 Å². The zero-order valence-corrected chi connectivity index (χ0v) is 14.1. The zero-order chi connectivity index (χ0) is 14.0. The summed E-state index contributed by atoms with van der Waals surface area (Å²) in [6.07, 6.45) is 0. The second-order valence-electron chi connectivity index (χ2n) is 3.95. The summed E-state index contributed by atoms with van der Waals surface area (Å²) in [6, 6.07) is 11.0. The van der Waals surface area contributed by atoms with Gasteiger partial charge in [-0.25, -0.2) is 5.43 Å². The summed E-state index contributed by atoms with van der Waals surface area (Å²) in [5, 5.41) is 1.70. The Morgan fingerprint density at radius 2 is 1.47 bits per heavy atom. The highest BCUT2D eigenvalue weighted by Gasteiger charge is 2.14. The highest BCUT2D eigenvalue weighted by molar-refractivity contribution is 14.1. The largest absolute Gasteiger partial charge is 0.271 e. The Bertz CT molecular complexity index is 553. The van der Waals surface area contributed by atoms with Gasteiger partial charge in [0.1, 0.15) is 0 Å². The molecule has 0 aromatic heterocycles. The summed E-state index contributed by atoms with van der Waals surface area (Å²) in [5.74, 6) is 5.64. The molecule has 1 atom stereocenters. The van der Waals surface area contributed by atoms with Crippen LogP contribution in [0.1, 0.15) is 17.2 Å². The van der Waals surface area contributed by atoms with Gasteiger partial charge >= 0.3 is 0 Å². The van der Waals surface area contributed by atoms with Crippen molar-refractivity contribution in [1.82, 2.24) is 5.43 Å². The van der Waals surface area contributed by atoms with Gasteiger partial charge in [-0.1, -0.05) is 46.9 Å². The van der Waals surface area contributed by atoms with Crippen LogP contribution in [-0.2, 0) is 0 Å². The van der Waals surface area contributed by atoms with E-state index in [1.165, 1.54) is 0 Å². The molecule has 0 bridgehead atoms. The quantitative estimate of drug-likeness (QED) is 0.419. The van der Waals surface area contributed by atoms with Crippen LogP contribution in [-0.4, -0.2) is 0 Å². The summed E-state index contributed by atoms with van der Waals surface area (Å²) in [7, 11) is 0. The maximum atomic E-state index is 6.14. The number of nitrogens with two attached hydrogens (primary N) is 1. The third kappa shape index (κ3) is 3.54. The van der Waals surface area contributed by atoms with E-state index in [0.717, 1.165) is 14.7 Å². The van der Waals surface area contributed by atoms with Crippen molar-refractivity contribution in [3.63, 3.8) is 0 Å². The number of benzene rings is 2. The molecule has 19 heavy (non-hydrogen) atoms. The molecule has 0 radical (unpaired) electrons. The van der Waals surface area contributed by atoms with E-state index in [0.29, 0.717) is 15.1 Å². The molecule has 2 aromatic rings. The molecular formula is C13H10Cl3IN2. The Morgan fingerprint density at radius 3 is 2.00 bits per heavy atom. The lowest BCUT2D eigenvalue weighted by Crippen LogP contribution is -2.28. The fourth-order valence-electron chi connectivity index (χ4n) is 1.77. The van der Waals surface area contributed by atoms with Crippen LogP contribution in [0.5, 0.6) is 0 Å². The van der Waals surface area contributed by atoms with Crippen molar-refractivity contribution >= 4 is 57.4 Å². The average Bonchev–Trinajstić information content (AvgIpc) is 2.39. The lowest BCUT2D eigenvalue weighted by Gasteiger charge is -2.18. The Balaban J connectivity index is 2.43. The molecule has 3 N–H and O–H groups in total. The molecule has 1 unspecified atom stereocenters. The van der Waals surface area contributed by atoms with Crippen molar-refractivity contribution in [1.29, 1.82) is 0 Å². The number of nitrogens with one attached hydrogen (secondary N) is 1. The molecule has 0 saturated heterocycles. The van der Waals surface area contributed by atoms with E-state index in [1.807, 2.05) is 24.3 Å². The highest BCUT2D eigenvalue weighted by atomic mass is 127. The summed E-state index contributed by atoms with van der Waals surface area (Å²) >= 11 is 20.3. The molecule has 2 rings (SSSR count). The number of halogens is 4. The predicted octanol–water partition coefficient (Wildman–Crippen LogP) is 4.80. The SMILES string of the molecule is NNC(c1ccc(Cl)c(Cl)c1)c1ccc(I)c(Cl)c1. The predicted molar refractivity (Wildman–Crippen MR) is 89.8 cm³/mol. The topological polar surface area (TPSA) is 38.0 Å². The highest BCUT2D eigenvalue weighted by Crippen LogP contribution is 2.30. The fraction of sp³-hybridized carbons (Fsp3) is 0.0769. The van der Waals surface area contributed by atoms with Crippen molar-refractivity contribution in [3.8, 4) is 0 Å². The second kappa shape index (κ2) is 6.61. The molecule has 100 valence electrons. The molecular weight excluding hydrogens is 417 g/mol. The van der Waals surface area contributed by atoms with Gasteiger partial charge in [0.15, 0.2) is 0 Å². The first kappa shape index (κ1) is 15.4. The summed E-state index contributed by atoms with van der Waals surface area (Å²) < 4.78 is 0.993. The zero-order valence-electron chi connectivity index (χ0n) is 9.63. The molecule has 0 fully saturated rings. The fourth-order valence-corrected chi connectivity index (χ4v) is 2.60. The van der Waals surface area contributed by atoms with E-state index in [1.54, 1.807) is 12.1 Å². The molecule has 0 saturated carbocycles. The van der Waals surface area contributed by atoms with Crippen LogP contribution >= 0.6 is 57.4 Å². The molecule has 2 aromatic carbocycles. The van der Waals surface area contributed by atoms with Crippen molar-refractivity contribution in [2.75, 3.05) is 0 Å². The van der Waals surface area contributed by atoms with Gasteiger partial charge in [0.2, 0.25) is 0 Å². The third-order valence-electron chi connectivity index (χ3n) is 2.72. The van der Waals surface area contributed by atoms with Crippen LogP contribution in [0.25, 0.3) is 0 Å². The number of hydrogen-bond donors (Lipinski definition) is 2. The van der Waals surface area contributed by atoms with Crippen LogP contribution in [0.4, 0.5) is 0 Å². The first-order chi connectivity index (χ1) is 9.02. The Kier molecular flexibility index (Phi) is 5.34. The molecule has 6 heteroatoms. The van der Waals surface area contributed by atoms with E-state index < -0.39 is 0 Å². The van der Waals surface area contributed by atoms with Crippen LogP contribution in [0.2, 0.25) is 15.1 Å². The van der Waals surface area contributed by atoms with Crippen molar-refractivity contribution in [3.05, 3.63) is 66.2 Å². The van der Waals surface area contributed by atoms with Gasteiger partial charge in [0, 0.05) is 3.57 Å². The minimum absolute atomic E-state index is 0.190. The van der Waals surface area contributed by atoms with E-state index in [2.05, 4.69) is 28.0 Å². The second-order valence-corrected chi connectivity index (χ2v) is 6.33. The van der Waals surface area contributed by atoms with Crippen LogP contribution in [0.3, 0.4) is 0 Å². The van der Waals surface area contributed by atoms with Gasteiger partial charge in [-0.2, -0.15) is 0 Å². The summed E-state index contributed by atoms with van der Waals surface area (Å²) in [4.78, 5) is 0. The number of rotatable bonds is 3. The van der Waals surface area contributed by atoms with E-state index in [4.69, 9.17) is 40.6 Å². The van der Waals surface area contributed by atoms with Crippen LogP contribution in [0.15, 0.2) is 36.4 Å².